The van der Waals surface area contributed by atoms with Crippen LogP contribution in [0.1, 0.15) is 24.0 Å². The van der Waals surface area contributed by atoms with E-state index in [2.05, 4.69) is 9.64 Å². The molecular weight excluding hydrogens is 389 g/mol. The van der Waals surface area contributed by atoms with Crippen molar-refractivity contribution in [3.63, 3.8) is 0 Å². The molecule has 0 amide bonds. The highest BCUT2D eigenvalue weighted by atomic mass is 19.3. The zero-order valence-electron chi connectivity index (χ0n) is 15.8. The van der Waals surface area contributed by atoms with E-state index in [1.54, 1.807) is 6.07 Å². The summed E-state index contributed by atoms with van der Waals surface area (Å²) in [6.07, 6.45) is 2.53. The Balaban J connectivity index is 1.82. The molecule has 0 heterocycles. The molecule has 3 rings (SSSR count). The Labute approximate surface area is 166 Å². The molecule has 1 saturated carbocycles. The number of halogens is 3. The van der Waals surface area contributed by atoms with E-state index in [0.717, 1.165) is 24.5 Å². The molecule has 2 aromatic rings. The van der Waals surface area contributed by atoms with Crippen LogP contribution in [0.4, 0.5) is 18.9 Å². The molecule has 0 aromatic heterocycles. The molecule has 1 aliphatic carbocycles. The van der Waals surface area contributed by atoms with E-state index >= 15 is 0 Å². The molecule has 0 bridgehead atoms. The van der Waals surface area contributed by atoms with Gasteiger partial charge in [0.15, 0.2) is 11.5 Å². The van der Waals surface area contributed by atoms with Crippen LogP contribution in [0.3, 0.4) is 0 Å². The van der Waals surface area contributed by atoms with Gasteiger partial charge in [0.25, 0.3) is 5.69 Å². The SMILES string of the molecule is COc1cc(CN(CCc2cccc(F)c2)C2CC2)c([N+](=O)[O-])cc1OC(F)F. The lowest BCUT2D eigenvalue weighted by atomic mass is 10.1. The van der Waals surface area contributed by atoms with Gasteiger partial charge >= 0.3 is 6.61 Å². The lowest BCUT2D eigenvalue weighted by Gasteiger charge is -2.22. The molecule has 0 radical (unpaired) electrons. The van der Waals surface area contributed by atoms with Crippen molar-refractivity contribution >= 4 is 5.69 Å². The number of ether oxygens (including phenoxy) is 2. The molecule has 0 N–H and O–H groups in total. The minimum atomic E-state index is -3.12. The summed E-state index contributed by atoms with van der Waals surface area (Å²) in [6, 6.07) is 8.94. The van der Waals surface area contributed by atoms with E-state index in [9.17, 15) is 23.3 Å². The Bertz CT molecular complexity index is 875. The van der Waals surface area contributed by atoms with Gasteiger partial charge in [0.1, 0.15) is 5.82 Å². The van der Waals surface area contributed by atoms with E-state index < -0.39 is 11.5 Å². The van der Waals surface area contributed by atoms with E-state index in [-0.39, 0.29) is 35.6 Å². The summed E-state index contributed by atoms with van der Waals surface area (Å²) < 4.78 is 48.0. The Hall–Kier alpha value is -2.81. The number of alkyl halides is 2. The number of methoxy groups -OCH3 is 1. The summed E-state index contributed by atoms with van der Waals surface area (Å²) in [7, 11) is 1.28. The van der Waals surface area contributed by atoms with Crippen molar-refractivity contribution in [2.75, 3.05) is 13.7 Å². The van der Waals surface area contributed by atoms with E-state index in [4.69, 9.17) is 4.74 Å². The Morgan fingerprint density at radius 3 is 2.59 bits per heavy atom. The average Bonchev–Trinajstić information content (AvgIpc) is 3.50. The number of rotatable bonds is 10. The molecule has 0 spiro atoms. The lowest BCUT2D eigenvalue weighted by molar-refractivity contribution is -0.385. The van der Waals surface area contributed by atoms with Gasteiger partial charge in [0.05, 0.1) is 18.1 Å². The zero-order valence-corrected chi connectivity index (χ0v) is 15.8. The van der Waals surface area contributed by atoms with Crippen LogP contribution in [0.25, 0.3) is 0 Å². The molecule has 29 heavy (non-hydrogen) atoms. The van der Waals surface area contributed by atoms with Gasteiger partial charge in [-0.25, -0.2) is 4.39 Å². The van der Waals surface area contributed by atoms with Crippen molar-refractivity contribution in [2.45, 2.75) is 38.5 Å². The van der Waals surface area contributed by atoms with Gasteiger partial charge < -0.3 is 9.47 Å². The second-order valence-corrected chi connectivity index (χ2v) is 6.85. The van der Waals surface area contributed by atoms with Gasteiger partial charge in [0, 0.05) is 24.7 Å². The molecule has 0 atom stereocenters. The van der Waals surface area contributed by atoms with Crippen LogP contribution < -0.4 is 9.47 Å². The molecule has 1 fully saturated rings. The van der Waals surface area contributed by atoms with Gasteiger partial charge in [-0.1, -0.05) is 12.1 Å². The smallest absolute Gasteiger partial charge is 0.387 e. The van der Waals surface area contributed by atoms with Crippen LogP contribution in [0.2, 0.25) is 0 Å². The molecule has 0 unspecified atom stereocenters. The summed E-state index contributed by atoms with van der Waals surface area (Å²) in [5, 5.41) is 11.5. The first-order valence-corrected chi connectivity index (χ1v) is 9.16. The second-order valence-electron chi connectivity index (χ2n) is 6.85. The fourth-order valence-corrected chi connectivity index (χ4v) is 3.25. The average molecular weight is 410 g/mol. The van der Waals surface area contributed by atoms with E-state index in [0.29, 0.717) is 18.5 Å². The minimum absolute atomic E-state index is 0.00628. The summed E-state index contributed by atoms with van der Waals surface area (Å²) in [4.78, 5) is 13.0. The Morgan fingerprint density at radius 2 is 2.00 bits per heavy atom. The predicted molar refractivity (Wildman–Crippen MR) is 99.8 cm³/mol. The number of nitro benzene ring substituents is 1. The standard InChI is InChI=1S/C20H21F3N2O4/c1-28-18-10-14(17(25(26)27)11-19(18)29-20(22)23)12-24(16-5-6-16)8-7-13-3-2-4-15(21)9-13/h2-4,9-11,16,20H,5-8,12H2,1H3. The highest BCUT2D eigenvalue weighted by Crippen LogP contribution is 2.38. The molecular formula is C20H21F3N2O4. The molecule has 0 aliphatic heterocycles. The topological polar surface area (TPSA) is 64.8 Å². The third kappa shape index (κ3) is 5.60. The third-order valence-corrected chi connectivity index (χ3v) is 4.79. The van der Waals surface area contributed by atoms with Gasteiger partial charge in [-0.05, 0) is 43.0 Å². The molecule has 2 aromatic carbocycles. The Kier molecular flexibility index (Phi) is 6.58. The van der Waals surface area contributed by atoms with Crippen LogP contribution in [0, 0.1) is 15.9 Å². The zero-order chi connectivity index (χ0) is 21.0. The molecule has 0 saturated heterocycles. The predicted octanol–water partition coefficient (Wildman–Crippen LogP) is 4.55. The number of nitro groups is 1. The largest absolute Gasteiger partial charge is 0.493 e. The first-order chi connectivity index (χ1) is 13.9. The fourth-order valence-electron chi connectivity index (χ4n) is 3.25. The van der Waals surface area contributed by atoms with Crippen molar-refractivity contribution in [1.82, 2.24) is 4.90 Å². The lowest BCUT2D eigenvalue weighted by Crippen LogP contribution is -2.28. The van der Waals surface area contributed by atoms with E-state index in [1.807, 2.05) is 6.07 Å². The summed E-state index contributed by atoms with van der Waals surface area (Å²) >= 11 is 0. The van der Waals surface area contributed by atoms with Crippen molar-refractivity contribution in [1.29, 1.82) is 0 Å². The van der Waals surface area contributed by atoms with Crippen molar-refractivity contribution in [2.24, 2.45) is 0 Å². The molecule has 156 valence electrons. The van der Waals surface area contributed by atoms with Gasteiger partial charge in [-0.15, -0.1) is 0 Å². The fraction of sp³-hybridized carbons (Fsp3) is 0.400. The van der Waals surface area contributed by atoms with Crippen LogP contribution in [-0.2, 0) is 13.0 Å². The monoisotopic (exact) mass is 410 g/mol. The van der Waals surface area contributed by atoms with Gasteiger partial charge in [-0.2, -0.15) is 8.78 Å². The summed E-state index contributed by atoms with van der Waals surface area (Å²) in [5.41, 5.74) is 0.876. The van der Waals surface area contributed by atoms with Gasteiger partial charge in [0.2, 0.25) is 0 Å². The van der Waals surface area contributed by atoms with Crippen LogP contribution in [0.5, 0.6) is 11.5 Å². The summed E-state index contributed by atoms with van der Waals surface area (Å²) in [6.45, 7) is -2.28. The van der Waals surface area contributed by atoms with Gasteiger partial charge in [-0.3, -0.25) is 15.0 Å². The maximum atomic E-state index is 13.4. The highest BCUT2D eigenvalue weighted by molar-refractivity contribution is 5.54. The second kappa shape index (κ2) is 9.13. The first kappa shape index (κ1) is 20.9. The van der Waals surface area contributed by atoms with Crippen molar-refractivity contribution < 1.29 is 27.6 Å². The third-order valence-electron chi connectivity index (χ3n) is 4.79. The maximum absolute atomic E-state index is 13.4. The first-order valence-electron chi connectivity index (χ1n) is 9.16. The normalized spacial score (nSPS) is 13.7. The highest BCUT2D eigenvalue weighted by Gasteiger charge is 2.31. The summed E-state index contributed by atoms with van der Waals surface area (Å²) in [5.74, 6) is -0.682. The maximum Gasteiger partial charge on any atom is 0.387 e. The van der Waals surface area contributed by atoms with Crippen LogP contribution in [0.15, 0.2) is 36.4 Å². The number of hydrogen-bond acceptors (Lipinski definition) is 5. The van der Waals surface area contributed by atoms with Crippen molar-refractivity contribution in [3.05, 3.63) is 63.5 Å². The number of benzene rings is 2. The van der Waals surface area contributed by atoms with Crippen LogP contribution in [-0.4, -0.2) is 36.1 Å². The van der Waals surface area contributed by atoms with Crippen molar-refractivity contribution in [3.8, 4) is 11.5 Å². The minimum Gasteiger partial charge on any atom is -0.493 e. The van der Waals surface area contributed by atoms with E-state index in [1.165, 1.54) is 25.3 Å². The number of nitrogens with zero attached hydrogens (tertiary/aromatic N) is 2. The quantitative estimate of drug-likeness (QED) is 0.425. The number of hydrogen-bond donors (Lipinski definition) is 0. The van der Waals surface area contributed by atoms with Crippen LogP contribution >= 0.6 is 0 Å². The molecule has 1 aliphatic rings. The molecule has 9 heteroatoms. The molecule has 6 nitrogen and oxygen atoms in total. The Morgan fingerprint density at radius 1 is 1.24 bits per heavy atom.